The standard InChI is InChI=1S/C21H28N4O5/c1-4-30-21(28)18-17(15-11-14(29-3)5-6-16(15)23-18)24-20(27)12(2)25-9-7-13(8-10-25)19(22)26/h5-6,11-13,23H,4,7-10H2,1-3H3,(H2,22,26)(H,24,27)/t12-/m0/s1. The summed E-state index contributed by atoms with van der Waals surface area (Å²) in [5.41, 5.74) is 6.63. The Balaban J connectivity index is 1.84. The van der Waals surface area contributed by atoms with Crippen molar-refractivity contribution in [3.8, 4) is 5.75 Å². The van der Waals surface area contributed by atoms with Gasteiger partial charge in [0.05, 0.1) is 25.4 Å². The van der Waals surface area contributed by atoms with Crippen LogP contribution in [0, 0.1) is 5.92 Å². The van der Waals surface area contributed by atoms with Crippen molar-refractivity contribution in [2.45, 2.75) is 32.7 Å². The smallest absolute Gasteiger partial charge is 0.356 e. The van der Waals surface area contributed by atoms with E-state index in [0.29, 0.717) is 48.3 Å². The van der Waals surface area contributed by atoms with Crippen molar-refractivity contribution in [2.24, 2.45) is 11.7 Å². The maximum Gasteiger partial charge on any atom is 0.356 e. The van der Waals surface area contributed by atoms with Crippen LogP contribution < -0.4 is 15.8 Å². The number of nitrogens with one attached hydrogen (secondary N) is 2. The van der Waals surface area contributed by atoms with Crippen molar-refractivity contribution >= 4 is 34.4 Å². The molecule has 9 nitrogen and oxygen atoms in total. The quantitative estimate of drug-likeness (QED) is 0.592. The number of fused-ring (bicyclic) bond motifs is 1. The van der Waals surface area contributed by atoms with Gasteiger partial charge in [0.2, 0.25) is 11.8 Å². The molecule has 1 atom stereocenters. The highest BCUT2D eigenvalue weighted by atomic mass is 16.5. The first-order chi connectivity index (χ1) is 14.3. The van der Waals surface area contributed by atoms with E-state index in [2.05, 4.69) is 10.3 Å². The molecule has 4 N–H and O–H groups in total. The molecule has 1 aromatic carbocycles. The first-order valence-electron chi connectivity index (χ1n) is 10.1. The summed E-state index contributed by atoms with van der Waals surface area (Å²) < 4.78 is 10.4. The maximum absolute atomic E-state index is 13.0. The monoisotopic (exact) mass is 416 g/mol. The van der Waals surface area contributed by atoms with E-state index in [1.165, 1.54) is 0 Å². The second-order valence-electron chi connectivity index (χ2n) is 7.38. The number of amides is 2. The number of carbonyl (C=O) groups is 3. The Kier molecular flexibility index (Phi) is 6.61. The number of methoxy groups -OCH3 is 1. The minimum absolute atomic E-state index is 0.145. The Morgan fingerprint density at radius 2 is 2.00 bits per heavy atom. The number of nitrogens with zero attached hydrogens (tertiary/aromatic N) is 1. The number of carbonyl (C=O) groups excluding carboxylic acids is 3. The number of nitrogens with two attached hydrogens (primary N) is 1. The van der Waals surface area contributed by atoms with Crippen LogP contribution >= 0.6 is 0 Å². The Morgan fingerprint density at radius 1 is 1.30 bits per heavy atom. The van der Waals surface area contributed by atoms with Gasteiger partial charge in [-0.1, -0.05) is 0 Å². The van der Waals surface area contributed by atoms with Gasteiger partial charge in [-0.05, 0) is 58.0 Å². The number of hydrogen-bond donors (Lipinski definition) is 3. The molecule has 1 aliphatic rings. The highest BCUT2D eigenvalue weighted by Crippen LogP contribution is 2.32. The van der Waals surface area contributed by atoms with E-state index in [0.717, 1.165) is 0 Å². The van der Waals surface area contributed by atoms with E-state index in [9.17, 15) is 14.4 Å². The van der Waals surface area contributed by atoms with E-state index in [1.54, 1.807) is 39.2 Å². The largest absolute Gasteiger partial charge is 0.497 e. The molecule has 0 aliphatic carbocycles. The normalized spacial score (nSPS) is 16.2. The number of aromatic nitrogens is 1. The van der Waals surface area contributed by atoms with E-state index < -0.39 is 12.0 Å². The molecule has 0 spiro atoms. The summed E-state index contributed by atoms with van der Waals surface area (Å²) in [5.74, 6) is -0.625. The van der Waals surface area contributed by atoms with E-state index in [-0.39, 0.29) is 30.0 Å². The average Bonchev–Trinajstić information content (AvgIpc) is 3.11. The summed E-state index contributed by atoms with van der Waals surface area (Å²) in [6.07, 6.45) is 1.26. The van der Waals surface area contributed by atoms with Gasteiger partial charge in [-0.15, -0.1) is 0 Å². The van der Waals surface area contributed by atoms with Crippen LogP contribution in [0.15, 0.2) is 18.2 Å². The topological polar surface area (TPSA) is 127 Å². The minimum atomic E-state index is -0.544. The van der Waals surface area contributed by atoms with Gasteiger partial charge in [0, 0.05) is 16.8 Å². The number of hydrogen-bond acceptors (Lipinski definition) is 6. The van der Waals surface area contributed by atoms with Crippen LogP contribution in [0.1, 0.15) is 37.2 Å². The van der Waals surface area contributed by atoms with Crippen LogP contribution in [0.5, 0.6) is 5.75 Å². The summed E-state index contributed by atoms with van der Waals surface area (Å²) in [5, 5.41) is 3.55. The molecule has 162 valence electrons. The molecule has 0 radical (unpaired) electrons. The van der Waals surface area contributed by atoms with Crippen molar-refractivity contribution < 1.29 is 23.9 Å². The van der Waals surface area contributed by atoms with Gasteiger partial charge >= 0.3 is 5.97 Å². The van der Waals surface area contributed by atoms with Gasteiger partial charge in [0.15, 0.2) is 0 Å². The lowest BCUT2D eigenvalue weighted by atomic mass is 9.95. The van der Waals surface area contributed by atoms with E-state index >= 15 is 0 Å². The van der Waals surface area contributed by atoms with Crippen LogP contribution in [0.25, 0.3) is 10.9 Å². The fourth-order valence-corrected chi connectivity index (χ4v) is 3.75. The zero-order chi connectivity index (χ0) is 21.8. The molecule has 0 bridgehead atoms. The first kappa shape index (κ1) is 21.6. The molecular weight excluding hydrogens is 388 g/mol. The van der Waals surface area contributed by atoms with E-state index in [1.807, 2.05) is 4.90 Å². The molecule has 0 saturated carbocycles. The van der Waals surface area contributed by atoms with Crippen LogP contribution in [0.3, 0.4) is 0 Å². The Morgan fingerprint density at radius 3 is 2.60 bits per heavy atom. The number of H-pyrrole nitrogens is 1. The molecule has 1 fully saturated rings. The molecule has 2 heterocycles. The second-order valence-corrected chi connectivity index (χ2v) is 7.38. The Labute approximate surface area is 174 Å². The number of piperidine rings is 1. The highest BCUT2D eigenvalue weighted by molar-refractivity contribution is 6.12. The molecule has 9 heteroatoms. The number of primary amides is 1. The fraction of sp³-hybridized carbons (Fsp3) is 0.476. The third kappa shape index (κ3) is 4.40. The predicted molar refractivity (Wildman–Crippen MR) is 112 cm³/mol. The van der Waals surface area contributed by atoms with Gasteiger partial charge in [-0.2, -0.15) is 0 Å². The zero-order valence-electron chi connectivity index (χ0n) is 17.5. The van der Waals surface area contributed by atoms with Crippen LogP contribution in [-0.2, 0) is 14.3 Å². The minimum Gasteiger partial charge on any atom is -0.497 e. The number of likely N-dealkylation sites (tertiary alicyclic amines) is 1. The number of rotatable bonds is 7. The van der Waals surface area contributed by atoms with Crippen molar-refractivity contribution in [1.29, 1.82) is 0 Å². The molecule has 0 unspecified atom stereocenters. The second kappa shape index (κ2) is 9.17. The van der Waals surface area contributed by atoms with Crippen molar-refractivity contribution in [3.05, 3.63) is 23.9 Å². The maximum atomic E-state index is 13.0. The SMILES string of the molecule is CCOC(=O)c1[nH]c2ccc(OC)cc2c1NC(=O)[C@H](C)N1CCC(C(N)=O)CC1. The van der Waals surface area contributed by atoms with Gasteiger partial charge in [0.1, 0.15) is 11.4 Å². The summed E-state index contributed by atoms with van der Waals surface area (Å²) >= 11 is 0. The number of esters is 1. The number of anilines is 1. The number of benzene rings is 1. The zero-order valence-corrected chi connectivity index (χ0v) is 17.5. The van der Waals surface area contributed by atoms with Crippen LogP contribution in [0.4, 0.5) is 5.69 Å². The molecule has 3 rings (SSSR count). The molecule has 1 aromatic heterocycles. The Bertz CT molecular complexity index is 946. The van der Waals surface area contributed by atoms with Crippen LogP contribution in [-0.4, -0.2) is 60.5 Å². The predicted octanol–water partition coefficient (Wildman–Crippen LogP) is 1.88. The van der Waals surface area contributed by atoms with Gasteiger partial charge < -0.3 is 25.5 Å². The van der Waals surface area contributed by atoms with Crippen LogP contribution in [0.2, 0.25) is 0 Å². The number of ether oxygens (including phenoxy) is 2. The third-order valence-electron chi connectivity index (χ3n) is 5.59. The molecule has 2 amide bonds. The average molecular weight is 416 g/mol. The first-order valence-corrected chi connectivity index (χ1v) is 10.1. The number of aromatic amines is 1. The summed E-state index contributed by atoms with van der Waals surface area (Å²) in [6, 6.07) is 4.87. The van der Waals surface area contributed by atoms with Crippen molar-refractivity contribution in [2.75, 3.05) is 32.1 Å². The molecular formula is C21H28N4O5. The Hall–Kier alpha value is -3.07. The lowest BCUT2D eigenvalue weighted by molar-refractivity contribution is -0.124. The van der Waals surface area contributed by atoms with Crippen molar-refractivity contribution in [3.63, 3.8) is 0 Å². The molecule has 1 saturated heterocycles. The summed E-state index contributed by atoms with van der Waals surface area (Å²) in [6.45, 7) is 4.96. The lowest BCUT2D eigenvalue weighted by Crippen LogP contribution is -2.47. The molecule has 30 heavy (non-hydrogen) atoms. The summed E-state index contributed by atoms with van der Waals surface area (Å²) in [7, 11) is 1.55. The third-order valence-corrected chi connectivity index (χ3v) is 5.59. The van der Waals surface area contributed by atoms with E-state index in [4.69, 9.17) is 15.2 Å². The van der Waals surface area contributed by atoms with Gasteiger partial charge in [-0.25, -0.2) is 4.79 Å². The van der Waals surface area contributed by atoms with Gasteiger partial charge in [-0.3, -0.25) is 14.5 Å². The summed E-state index contributed by atoms with van der Waals surface area (Å²) in [4.78, 5) is 41.9. The lowest BCUT2D eigenvalue weighted by Gasteiger charge is -2.34. The molecule has 1 aliphatic heterocycles. The fourth-order valence-electron chi connectivity index (χ4n) is 3.75. The molecule has 2 aromatic rings. The van der Waals surface area contributed by atoms with Gasteiger partial charge in [0.25, 0.3) is 0 Å². The van der Waals surface area contributed by atoms with Crippen molar-refractivity contribution in [1.82, 2.24) is 9.88 Å². The highest BCUT2D eigenvalue weighted by Gasteiger charge is 2.30.